The van der Waals surface area contributed by atoms with Crippen LogP contribution in [0.4, 0.5) is 0 Å². The molecule has 0 atom stereocenters. The lowest BCUT2D eigenvalue weighted by Gasteiger charge is -2.12. The highest BCUT2D eigenvalue weighted by molar-refractivity contribution is 7.25. The molecule has 8 rings (SSSR count). The molecule has 0 spiro atoms. The Morgan fingerprint density at radius 2 is 1.44 bits per heavy atom. The van der Waals surface area contributed by atoms with Gasteiger partial charge in [0.15, 0.2) is 5.76 Å². The number of hydrogen-bond acceptors (Lipinski definition) is 4. The number of allylic oxidation sites excluding steroid dienone is 1. The molecule has 186 valence electrons. The number of para-hydroxylation sites is 2. The van der Waals surface area contributed by atoms with Crippen LogP contribution < -0.4 is 10.1 Å². The summed E-state index contributed by atoms with van der Waals surface area (Å²) in [6.45, 7) is 0. The predicted molar refractivity (Wildman–Crippen MR) is 164 cm³/mol. The van der Waals surface area contributed by atoms with E-state index in [4.69, 9.17) is 9.84 Å². The first-order valence-electron chi connectivity index (χ1n) is 13.0. The van der Waals surface area contributed by atoms with Crippen LogP contribution in [0.15, 0.2) is 126 Å². The summed E-state index contributed by atoms with van der Waals surface area (Å²) in [5.41, 5.74) is 5.87. The summed E-state index contributed by atoms with van der Waals surface area (Å²) >= 11 is 1.83. The largest absolute Gasteiger partial charge is 0.452 e. The second-order valence-electron chi connectivity index (χ2n) is 9.66. The zero-order valence-corrected chi connectivity index (χ0v) is 22.0. The molecular weight excluding hydrogens is 498 g/mol. The molecule has 4 nitrogen and oxygen atoms in total. The molecule has 5 heteroatoms. The summed E-state index contributed by atoms with van der Waals surface area (Å²) in [5.74, 6) is 1.53. The minimum atomic E-state index is 0.721. The topological polar surface area (TPSA) is 38.5 Å². The average Bonchev–Trinajstić information content (AvgIpc) is 3.63. The molecule has 0 unspecified atom stereocenters. The van der Waals surface area contributed by atoms with Crippen molar-refractivity contribution in [2.75, 3.05) is 7.05 Å². The number of thiophene rings is 1. The Hall–Kier alpha value is -4.87. The molecule has 0 bridgehead atoms. The smallest absolute Gasteiger partial charge is 0.179 e. The Morgan fingerprint density at radius 1 is 0.692 bits per heavy atom. The summed E-state index contributed by atoms with van der Waals surface area (Å²) in [6.07, 6.45) is 0. The van der Waals surface area contributed by atoms with Crippen LogP contribution >= 0.6 is 11.3 Å². The Balaban J connectivity index is 1.46. The number of fused-ring (bicyclic) bond motifs is 7. The third kappa shape index (κ3) is 3.33. The summed E-state index contributed by atoms with van der Waals surface area (Å²) in [7, 11) is 1.93. The van der Waals surface area contributed by atoms with Gasteiger partial charge in [-0.15, -0.1) is 11.3 Å². The summed E-state index contributed by atoms with van der Waals surface area (Å²) < 4.78 is 11.1. The number of nitrogens with one attached hydrogen (secondary N) is 1. The fourth-order valence-corrected chi connectivity index (χ4v) is 6.79. The first kappa shape index (κ1) is 22.1. The van der Waals surface area contributed by atoms with E-state index in [9.17, 15) is 0 Å². The first-order valence-corrected chi connectivity index (χ1v) is 13.8. The second kappa shape index (κ2) is 8.58. The maximum absolute atomic E-state index is 6.49. The molecule has 0 radical (unpaired) electrons. The lowest BCUT2D eigenvalue weighted by Crippen LogP contribution is -2.15. The van der Waals surface area contributed by atoms with Gasteiger partial charge in [0.25, 0.3) is 0 Å². The summed E-state index contributed by atoms with van der Waals surface area (Å²) in [4.78, 5) is 0. The summed E-state index contributed by atoms with van der Waals surface area (Å²) in [5, 5.41) is 13.7. The van der Waals surface area contributed by atoms with Gasteiger partial charge in [-0.25, -0.2) is 4.68 Å². The van der Waals surface area contributed by atoms with E-state index in [1.165, 1.54) is 30.9 Å². The van der Waals surface area contributed by atoms with Crippen molar-refractivity contribution in [3.63, 3.8) is 0 Å². The molecule has 2 aromatic heterocycles. The van der Waals surface area contributed by atoms with Gasteiger partial charge in [-0.2, -0.15) is 5.10 Å². The van der Waals surface area contributed by atoms with Gasteiger partial charge in [0, 0.05) is 49.1 Å². The molecule has 3 heterocycles. The van der Waals surface area contributed by atoms with E-state index < -0.39 is 0 Å². The highest BCUT2D eigenvalue weighted by Crippen LogP contribution is 2.40. The average molecular weight is 522 g/mol. The highest BCUT2D eigenvalue weighted by Gasteiger charge is 2.29. The van der Waals surface area contributed by atoms with E-state index >= 15 is 0 Å². The molecule has 7 aromatic rings. The number of benzene rings is 5. The fourth-order valence-electron chi connectivity index (χ4n) is 5.67. The molecule has 1 aliphatic rings. The zero-order chi connectivity index (χ0) is 25.9. The molecule has 5 aromatic carbocycles. The van der Waals surface area contributed by atoms with Crippen LogP contribution in [0.3, 0.4) is 0 Å². The van der Waals surface area contributed by atoms with Crippen LogP contribution in [0.1, 0.15) is 11.1 Å². The number of rotatable bonds is 3. The van der Waals surface area contributed by atoms with Gasteiger partial charge in [-0.05, 0) is 36.4 Å². The van der Waals surface area contributed by atoms with Gasteiger partial charge >= 0.3 is 0 Å². The molecule has 39 heavy (non-hydrogen) atoms. The predicted octanol–water partition coefficient (Wildman–Crippen LogP) is 8.40. The normalized spacial score (nSPS) is 15.4. The molecule has 1 aliphatic heterocycles. The van der Waals surface area contributed by atoms with Crippen LogP contribution in [0.5, 0.6) is 5.75 Å². The number of ether oxygens (including phenoxy) is 1. The molecule has 0 amide bonds. The Labute approximate surface area is 229 Å². The van der Waals surface area contributed by atoms with Crippen molar-refractivity contribution in [1.82, 2.24) is 9.99 Å². The molecule has 0 aliphatic carbocycles. The van der Waals surface area contributed by atoms with E-state index in [-0.39, 0.29) is 0 Å². The Morgan fingerprint density at radius 3 is 2.31 bits per heavy atom. The lowest BCUT2D eigenvalue weighted by molar-refractivity contribution is 0.468. The van der Waals surface area contributed by atoms with Gasteiger partial charge in [-0.1, -0.05) is 78.9 Å². The van der Waals surface area contributed by atoms with Crippen molar-refractivity contribution in [3.8, 4) is 5.75 Å². The maximum atomic E-state index is 6.49. The minimum Gasteiger partial charge on any atom is -0.452 e. The van der Waals surface area contributed by atoms with Crippen molar-refractivity contribution in [3.05, 3.63) is 132 Å². The van der Waals surface area contributed by atoms with E-state index in [1.54, 1.807) is 0 Å². The van der Waals surface area contributed by atoms with Crippen molar-refractivity contribution in [1.29, 1.82) is 0 Å². The van der Waals surface area contributed by atoms with Gasteiger partial charge in [0.1, 0.15) is 11.5 Å². The quantitative estimate of drug-likeness (QED) is 0.254. The van der Waals surface area contributed by atoms with Crippen LogP contribution in [0, 0.1) is 0 Å². The number of hydrogen-bond donors (Lipinski definition) is 1. The van der Waals surface area contributed by atoms with Crippen LogP contribution in [0.2, 0.25) is 0 Å². The van der Waals surface area contributed by atoms with Crippen LogP contribution in [0.25, 0.3) is 47.7 Å². The Bertz CT molecular complexity index is 2130. The van der Waals surface area contributed by atoms with Gasteiger partial charge < -0.3 is 10.1 Å². The lowest BCUT2D eigenvalue weighted by atomic mass is 10.1. The molecule has 0 saturated carbocycles. The SMILES string of the molecule is CN/C(=C1/Oc2ccccc2/C1=N/n1c2ccccc2c2cc3c(cc21)sc1ccccc13)c1ccccc1. The van der Waals surface area contributed by atoms with Gasteiger partial charge in [0.05, 0.1) is 16.7 Å². The molecule has 0 fully saturated rings. The fraction of sp³-hybridized carbons (Fsp3) is 0.0294. The monoisotopic (exact) mass is 521 g/mol. The number of nitrogens with zero attached hydrogens (tertiary/aromatic N) is 2. The van der Waals surface area contributed by atoms with E-state index in [2.05, 4.69) is 88.9 Å². The Kier molecular flexibility index (Phi) is 4.87. The van der Waals surface area contributed by atoms with E-state index in [0.29, 0.717) is 0 Å². The third-order valence-corrected chi connectivity index (χ3v) is 8.59. The van der Waals surface area contributed by atoms with Gasteiger partial charge in [0.2, 0.25) is 0 Å². The molecule has 1 N–H and O–H groups in total. The van der Waals surface area contributed by atoms with Crippen LogP contribution in [-0.4, -0.2) is 17.4 Å². The van der Waals surface area contributed by atoms with Gasteiger partial charge in [-0.3, -0.25) is 0 Å². The standard InChI is InChI=1S/C34H23N3OS/c1-35-32(21-11-3-2-4-12-21)34-33(24-15-6-9-17-29(24)38-34)36-37-27-16-8-5-13-22(27)25-19-26-23-14-7-10-18-30(23)39-31(26)20-28(25)37/h2-20,35H,1H3/b34-32+,36-33-. The number of aromatic nitrogens is 1. The van der Waals surface area contributed by atoms with Crippen molar-refractivity contribution < 1.29 is 4.74 Å². The zero-order valence-electron chi connectivity index (χ0n) is 21.2. The van der Waals surface area contributed by atoms with Crippen molar-refractivity contribution in [2.24, 2.45) is 5.10 Å². The summed E-state index contributed by atoms with van der Waals surface area (Å²) in [6, 6.07) is 40.2. The molecular formula is C34H23N3OS. The van der Waals surface area contributed by atoms with Crippen molar-refractivity contribution in [2.45, 2.75) is 0 Å². The first-order chi connectivity index (χ1) is 19.3. The minimum absolute atomic E-state index is 0.721. The highest BCUT2D eigenvalue weighted by atomic mass is 32.1. The second-order valence-corrected chi connectivity index (χ2v) is 10.7. The maximum Gasteiger partial charge on any atom is 0.179 e. The molecule has 0 saturated heterocycles. The van der Waals surface area contributed by atoms with E-state index in [0.717, 1.165) is 45.1 Å². The van der Waals surface area contributed by atoms with Crippen molar-refractivity contribution >= 4 is 64.7 Å². The third-order valence-electron chi connectivity index (χ3n) is 7.45. The van der Waals surface area contributed by atoms with E-state index in [1.807, 2.05) is 54.8 Å². The van der Waals surface area contributed by atoms with Crippen LogP contribution in [-0.2, 0) is 0 Å².